The van der Waals surface area contributed by atoms with Crippen LogP contribution in [0.5, 0.6) is 0 Å². The predicted molar refractivity (Wildman–Crippen MR) is 92.5 cm³/mol. The number of anilines is 1. The van der Waals surface area contributed by atoms with Gasteiger partial charge < -0.3 is 4.90 Å². The normalized spacial score (nSPS) is 20.0. The van der Waals surface area contributed by atoms with Gasteiger partial charge in [0.05, 0.1) is 18.3 Å². The zero-order valence-electron chi connectivity index (χ0n) is 14.7. The molecule has 0 spiro atoms. The van der Waals surface area contributed by atoms with Crippen LogP contribution in [0.3, 0.4) is 0 Å². The molecule has 1 fully saturated rings. The molecule has 0 aromatic carbocycles. The highest BCUT2D eigenvalue weighted by Gasteiger charge is 2.34. The molecule has 2 aromatic rings. The smallest absolute Gasteiger partial charge is 0.350 e. The molecular formula is C18H20F3N5O. The molecule has 1 aliphatic heterocycles. The predicted octanol–water partition coefficient (Wildman–Crippen LogP) is 2.60. The van der Waals surface area contributed by atoms with Gasteiger partial charge in [0.1, 0.15) is 0 Å². The lowest BCUT2D eigenvalue weighted by Gasteiger charge is -2.26. The third-order valence-corrected chi connectivity index (χ3v) is 5.27. The molecule has 0 saturated carbocycles. The van der Waals surface area contributed by atoms with E-state index in [0.29, 0.717) is 18.9 Å². The number of hydrogen-bond donors (Lipinski definition) is 0. The lowest BCUT2D eigenvalue weighted by Crippen LogP contribution is -2.38. The molecule has 1 unspecified atom stereocenters. The van der Waals surface area contributed by atoms with Crippen molar-refractivity contribution in [3.05, 3.63) is 45.5 Å². The highest BCUT2D eigenvalue weighted by Crippen LogP contribution is 2.29. The number of halogens is 3. The maximum Gasteiger partial charge on any atom is 0.435 e. The minimum atomic E-state index is -4.50. The summed E-state index contributed by atoms with van der Waals surface area (Å²) in [6.07, 6.45) is 1.15. The Morgan fingerprint density at radius 1 is 1.11 bits per heavy atom. The van der Waals surface area contributed by atoms with Crippen LogP contribution in [-0.4, -0.2) is 32.6 Å². The number of nitrogens with zero attached hydrogens (tertiary/aromatic N) is 5. The first kappa shape index (κ1) is 17.9. The van der Waals surface area contributed by atoms with Crippen molar-refractivity contribution in [3.63, 3.8) is 0 Å². The highest BCUT2D eigenvalue weighted by molar-refractivity contribution is 5.40. The molecule has 144 valence electrons. The summed E-state index contributed by atoms with van der Waals surface area (Å²) in [6, 6.07) is 3.93. The number of rotatable bonds is 3. The molecule has 0 N–H and O–H groups in total. The molecule has 2 aromatic heterocycles. The first-order chi connectivity index (χ1) is 12.9. The zero-order chi connectivity index (χ0) is 19.0. The van der Waals surface area contributed by atoms with Crippen LogP contribution in [0, 0.1) is 0 Å². The van der Waals surface area contributed by atoms with Crippen LogP contribution in [0.2, 0.25) is 0 Å². The fraction of sp³-hybridized carbons (Fsp3) is 0.556. The summed E-state index contributed by atoms with van der Waals surface area (Å²) in [4.78, 5) is 14.3. The van der Waals surface area contributed by atoms with Crippen LogP contribution in [0.4, 0.5) is 19.0 Å². The van der Waals surface area contributed by atoms with Gasteiger partial charge in [-0.1, -0.05) is 0 Å². The number of aryl methyl sites for hydroxylation is 2. The van der Waals surface area contributed by atoms with E-state index in [1.807, 2.05) is 4.90 Å². The van der Waals surface area contributed by atoms with E-state index >= 15 is 0 Å². The molecule has 9 heteroatoms. The molecule has 3 heterocycles. The van der Waals surface area contributed by atoms with E-state index in [1.165, 1.54) is 10.7 Å². The molecule has 0 radical (unpaired) electrons. The first-order valence-corrected chi connectivity index (χ1v) is 9.19. The lowest BCUT2D eigenvalue weighted by atomic mass is 9.97. The van der Waals surface area contributed by atoms with Crippen LogP contribution < -0.4 is 10.5 Å². The molecule has 27 heavy (non-hydrogen) atoms. The maximum absolute atomic E-state index is 12.7. The van der Waals surface area contributed by atoms with E-state index in [0.717, 1.165) is 55.8 Å². The van der Waals surface area contributed by atoms with Gasteiger partial charge in [0.15, 0.2) is 11.5 Å². The summed E-state index contributed by atoms with van der Waals surface area (Å²) < 4.78 is 39.5. The average Bonchev–Trinajstić information content (AvgIpc) is 3.10. The largest absolute Gasteiger partial charge is 0.435 e. The quantitative estimate of drug-likeness (QED) is 0.820. The van der Waals surface area contributed by atoms with Crippen molar-refractivity contribution in [2.75, 3.05) is 11.4 Å². The van der Waals surface area contributed by atoms with Crippen LogP contribution in [0.25, 0.3) is 0 Å². The fourth-order valence-electron chi connectivity index (χ4n) is 3.89. The van der Waals surface area contributed by atoms with E-state index in [-0.39, 0.29) is 11.6 Å². The van der Waals surface area contributed by atoms with Gasteiger partial charge in [0.25, 0.3) is 5.56 Å². The number of alkyl halides is 3. The second-order valence-electron chi connectivity index (χ2n) is 7.11. The second-order valence-corrected chi connectivity index (χ2v) is 7.11. The minimum Gasteiger partial charge on any atom is -0.350 e. The molecule has 0 bridgehead atoms. The zero-order valence-corrected chi connectivity index (χ0v) is 14.7. The van der Waals surface area contributed by atoms with Crippen molar-refractivity contribution in [1.29, 1.82) is 0 Å². The monoisotopic (exact) mass is 379 g/mol. The van der Waals surface area contributed by atoms with Gasteiger partial charge in [0, 0.05) is 12.6 Å². The van der Waals surface area contributed by atoms with Gasteiger partial charge in [-0.15, -0.1) is 10.2 Å². The Morgan fingerprint density at radius 2 is 1.93 bits per heavy atom. The Kier molecular flexibility index (Phi) is 4.61. The molecule has 1 aliphatic carbocycles. The molecule has 4 rings (SSSR count). The lowest BCUT2D eigenvalue weighted by molar-refractivity contribution is -0.141. The molecule has 0 amide bonds. The summed E-state index contributed by atoms with van der Waals surface area (Å²) in [5.74, 6) is 0.400. The summed E-state index contributed by atoms with van der Waals surface area (Å²) in [5.41, 5.74) is 0.898. The summed E-state index contributed by atoms with van der Waals surface area (Å²) in [5, 5.41) is 11.6. The molecule has 1 saturated heterocycles. The van der Waals surface area contributed by atoms with Crippen LogP contribution >= 0.6 is 0 Å². The Morgan fingerprint density at radius 3 is 2.67 bits per heavy atom. The van der Waals surface area contributed by atoms with Crippen molar-refractivity contribution in [1.82, 2.24) is 20.0 Å². The van der Waals surface area contributed by atoms with Gasteiger partial charge in [0.2, 0.25) is 0 Å². The topological polar surface area (TPSA) is 63.9 Å². The second kappa shape index (κ2) is 6.94. The summed E-state index contributed by atoms with van der Waals surface area (Å²) in [7, 11) is 0. The van der Waals surface area contributed by atoms with E-state index in [1.54, 1.807) is 6.07 Å². The Labute approximate surface area is 154 Å². The van der Waals surface area contributed by atoms with Gasteiger partial charge in [-0.25, -0.2) is 4.68 Å². The SMILES string of the molecule is O=c1cc2c(nn1CC1CCCN1c1ccc(C(F)(F)F)nn1)CCCC2. The Hall–Kier alpha value is -2.45. The van der Waals surface area contributed by atoms with Gasteiger partial charge in [-0.3, -0.25) is 4.79 Å². The van der Waals surface area contributed by atoms with Gasteiger partial charge >= 0.3 is 6.18 Å². The van der Waals surface area contributed by atoms with E-state index in [2.05, 4.69) is 15.3 Å². The van der Waals surface area contributed by atoms with Crippen LogP contribution in [0.15, 0.2) is 23.0 Å². The van der Waals surface area contributed by atoms with E-state index in [9.17, 15) is 18.0 Å². The van der Waals surface area contributed by atoms with Crippen LogP contribution in [0.1, 0.15) is 42.6 Å². The third kappa shape index (κ3) is 3.68. The average molecular weight is 379 g/mol. The number of hydrogen-bond acceptors (Lipinski definition) is 5. The van der Waals surface area contributed by atoms with E-state index < -0.39 is 11.9 Å². The van der Waals surface area contributed by atoms with Gasteiger partial charge in [-0.05, 0) is 56.2 Å². The third-order valence-electron chi connectivity index (χ3n) is 5.27. The minimum absolute atomic E-state index is 0.0390. The van der Waals surface area contributed by atoms with Crippen LogP contribution in [-0.2, 0) is 25.6 Å². The van der Waals surface area contributed by atoms with Crippen molar-refractivity contribution < 1.29 is 13.2 Å². The number of fused-ring (bicyclic) bond motifs is 1. The van der Waals surface area contributed by atoms with Crippen molar-refractivity contribution >= 4 is 5.82 Å². The van der Waals surface area contributed by atoms with Crippen molar-refractivity contribution in [2.45, 2.75) is 57.3 Å². The highest BCUT2D eigenvalue weighted by atomic mass is 19.4. The van der Waals surface area contributed by atoms with Crippen molar-refractivity contribution in [2.24, 2.45) is 0 Å². The molecule has 1 atom stereocenters. The first-order valence-electron chi connectivity index (χ1n) is 9.19. The summed E-state index contributed by atoms with van der Waals surface area (Å²) >= 11 is 0. The molecular weight excluding hydrogens is 359 g/mol. The summed E-state index contributed by atoms with van der Waals surface area (Å²) in [6.45, 7) is 1.07. The van der Waals surface area contributed by atoms with E-state index in [4.69, 9.17) is 0 Å². The Balaban J connectivity index is 1.55. The van der Waals surface area contributed by atoms with Gasteiger partial charge in [-0.2, -0.15) is 18.3 Å². The molecule has 6 nitrogen and oxygen atoms in total. The Bertz CT molecular complexity index is 878. The fourth-order valence-corrected chi connectivity index (χ4v) is 3.89. The number of aromatic nitrogens is 4. The standard InChI is InChI=1S/C18H20F3N5O/c19-18(20,21)15-7-8-16(23-22-15)25-9-3-5-13(25)11-26-17(27)10-12-4-1-2-6-14(12)24-26/h7-8,10,13H,1-6,9,11H2. The molecule has 2 aliphatic rings. The maximum atomic E-state index is 12.7. The van der Waals surface area contributed by atoms with Crippen molar-refractivity contribution in [3.8, 4) is 0 Å².